The molecular formula is C32H37ClN2O3. The number of aryl methyl sites for hydroxylation is 1. The largest absolute Gasteiger partial charge is 0.483 e. The lowest BCUT2D eigenvalue weighted by Crippen LogP contribution is -2.53. The van der Waals surface area contributed by atoms with Gasteiger partial charge in [0.1, 0.15) is 11.8 Å². The maximum absolute atomic E-state index is 13.8. The molecule has 1 fully saturated rings. The molecule has 0 aliphatic heterocycles. The molecule has 38 heavy (non-hydrogen) atoms. The number of nitrogens with zero attached hydrogens (tertiary/aromatic N) is 1. The summed E-state index contributed by atoms with van der Waals surface area (Å²) in [6, 6.07) is 22.5. The first-order chi connectivity index (χ1) is 18.4. The van der Waals surface area contributed by atoms with Crippen molar-refractivity contribution < 1.29 is 14.3 Å². The normalized spacial score (nSPS) is 14.5. The molecule has 0 radical (unpaired) electrons. The predicted octanol–water partition coefficient (Wildman–Crippen LogP) is 6.42. The molecule has 3 aromatic rings. The summed E-state index contributed by atoms with van der Waals surface area (Å²) in [5, 5.41) is 3.85. The number of carbonyl (C=O) groups is 2. The molecule has 5 nitrogen and oxygen atoms in total. The van der Waals surface area contributed by atoms with Crippen molar-refractivity contribution in [1.82, 2.24) is 10.2 Å². The summed E-state index contributed by atoms with van der Waals surface area (Å²) in [5.41, 5.74) is 3.95. The third-order valence-electron chi connectivity index (χ3n) is 7.37. The molecule has 1 aliphatic carbocycles. The Morgan fingerprint density at radius 1 is 0.947 bits per heavy atom. The number of nitrogens with one attached hydrogen (secondary N) is 1. The molecule has 0 spiro atoms. The monoisotopic (exact) mass is 532 g/mol. The average Bonchev–Trinajstić information content (AvgIpc) is 2.92. The molecule has 0 heterocycles. The number of benzene rings is 3. The molecule has 1 atom stereocenters. The molecule has 0 unspecified atom stereocenters. The van der Waals surface area contributed by atoms with Crippen molar-refractivity contribution in [2.24, 2.45) is 0 Å². The van der Waals surface area contributed by atoms with E-state index in [2.05, 4.69) is 5.32 Å². The van der Waals surface area contributed by atoms with Gasteiger partial charge < -0.3 is 15.0 Å². The molecule has 2 amide bonds. The Hall–Kier alpha value is -3.31. The van der Waals surface area contributed by atoms with E-state index in [4.69, 9.17) is 16.3 Å². The first-order valence-corrected chi connectivity index (χ1v) is 13.9. The smallest absolute Gasteiger partial charge is 0.261 e. The average molecular weight is 533 g/mol. The second kappa shape index (κ2) is 13.5. The van der Waals surface area contributed by atoms with E-state index in [0.29, 0.717) is 17.2 Å². The van der Waals surface area contributed by atoms with E-state index >= 15 is 0 Å². The van der Waals surface area contributed by atoms with Gasteiger partial charge in [-0.2, -0.15) is 0 Å². The van der Waals surface area contributed by atoms with Gasteiger partial charge in [0.15, 0.2) is 6.61 Å². The third-order valence-corrected chi connectivity index (χ3v) is 7.61. The van der Waals surface area contributed by atoms with Crippen molar-refractivity contribution in [3.05, 3.63) is 100 Å². The third kappa shape index (κ3) is 7.61. The van der Waals surface area contributed by atoms with Crippen LogP contribution in [0.15, 0.2) is 72.8 Å². The van der Waals surface area contributed by atoms with E-state index in [-0.39, 0.29) is 31.0 Å². The van der Waals surface area contributed by atoms with E-state index in [1.54, 1.807) is 11.0 Å². The van der Waals surface area contributed by atoms with Crippen LogP contribution in [0.4, 0.5) is 0 Å². The summed E-state index contributed by atoms with van der Waals surface area (Å²) in [6.07, 6.45) is 5.79. The van der Waals surface area contributed by atoms with Crippen LogP contribution in [-0.4, -0.2) is 35.4 Å². The highest BCUT2D eigenvalue weighted by molar-refractivity contribution is 6.30. The number of ether oxygens (including phenoxy) is 1. The number of rotatable bonds is 10. The first-order valence-electron chi connectivity index (χ1n) is 13.5. The summed E-state index contributed by atoms with van der Waals surface area (Å²) in [6.45, 7) is 4.09. The maximum atomic E-state index is 13.8. The lowest BCUT2D eigenvalue weighted by molar-refractivity contribution is -0.143. The Kier molecular flexibility index (Phi) is 9.83. The molecule has 1 N–H and O–H groups in total. The number of halogens is 1. The van der Waals surface area contributed by atoms with Gasteiger partial charge in [-0.05, 0) is 67.1 Å². The molecule has 1 aliphatic rings. The quantitative estimate of drug-likeness (QED) is 0.327. The maximum Gasteiger partial charge on any atom is 0.261 e. The van der Waals surface area contributed by atoms with Crippen LogP contribution in [-0.2, 0) is 22.6 Å². The van der Waals surface area contributed by atoms with E-state index in [9.17, 15) is 9.59 Å². The van der Waals surface area contributed by atoms with Gasteiger partial charge in [0, 0.05) is 24.0 Å². The van der Waals surface area contributed by atoms with Gasteiger partial charge >= 0.3 is 0 Å². The number of carbonyl (C=O) groups excluding carboxylic acids is 2. The minimum absolute atomic E-state index is 0.122. The molecule has 6 heteroatoms. The molecule has 0 bridgehead atoms. The second-order valence-electron chi connectivity index (χ2n) is 10.2. The predicted molar refractivity (Wildman–Crippen MR) is 152 cm³/mol. The fraction of sp³-hybridized carbons (Fsp3) is 0.375. The highest BCUT2D eigenvalue weighted by Gasteiger charge is 2.32. The molecule has 4 rings (SSSR count). The number of amides is 2. The van der Waals surface area contributed by atoms with Crippen molar-refractivity contribution in [2.75, 3.05) is 6.61 Å². The Labute approximate surface area is 231 Å². The summed E-state index contributed by atoms with van der Waals surface area (Å²) < 4.78 is 6.00. The Morgan fingerprint density at radius 3 is 2.39 bits per heavy atom. The van der Waals surface area contributed by atoms with Gasteiger partial charge in [0.05, 0.1) is 0 Å². The molecule has 3 aromatic carbocycles. The second-order valence-corrected chi connectivity index (χ2v) is 10.6. The fourth-order valence-corrected chi connectivity index (χ4v) is 5.25. The number of hydrogen-bond donors (Lipinski definition) is 1. The van der Waals surface area contributed by atoms with Gasteiger partial charge in [-0.25, -0.2) is 0 Å². The first kappa shape index (κ1) is 27.7. The lowest BCUT2D eigenvalue weighted by Gasteiger charge is -2.33. The minimum atomic E-state index is -0.687. The summed E-state index contributed by atoms with van der Waals surface area (Å²) in [7, 11) is 0. The van der Waals surface area contributed by atoms with E-state index < -0.39 is 6.04 Å². The Morgan fingerprint density at radius 2 is 1.66 bits per heavy atom. The van der Waals surface area contributed by atoms with Crippen LogP contribution in [0.3, 0.4) is 0 Å². The van der Waals surface area contributed by atoms with Crippen LogP contribution < -0.4 is 10.1 Å². The van der Waals surface area contributed by atoms with Crippen molar-refractivity contribution in [2.45, 2.75) is 71.0 Å². The van der Waals surface area contributed by atoms with Gasteiger partial charge in [-0.3, -0.25) is 9.59 Å². The van der Waals surface area contributed by atoms with E-state index in [1.165, 1.54) is 6.42 Å². The standard InChI is InChI=1S/C32H37ClN2O3/c1-23-11-9-18-30(24(23)2)38-22-31(36)35(21-26-14-10-15-27(33)19-26)29(20-25-12-5-3-6-13-25)32(37)34-28-16-7-4-8-17-28/h3,5-6,9-15,18-19,28-29H,4,7-8,16-17,20-22H2,1-2H3,(H,34,37)/t29-/m1/s1. The molecule has 0 aromatic heterocycles. The minimum Gasteiger partial charge on any atom is -0.483 e. The number of hydrogen-bond acceptors (Lipinski definition) is 3. The summed E-state index contributed by atoms with van der Waals surface area (Å²) in [4.78, 5) is 29.3. The zero-order valence-electron chi connectivity index (χ0n) is 22.3. The van der Waals surface area contributed by atoms with Crippen molar-refractivity contribution in [1.29, 1.82) is 0 Å². The van der Waals surface area contributed by atoms with Crippen LogP contribution in [0.1, 0.15) is 54.4 Å². The zero-order chi connectivity index (χ0) is 26.9. The van der Waals surface area contributed by atoms with E-state index in [0.717, 1.165) is 47.9 Å². The Balaban J connectivity index is 1.62. The van der Waals surface area contributed by atoms with Crippen LogP contribution in [0.2, 0.25) is 5.02 Å². The highest BCUT2D eigenvalue weighted by atomic mass is 35.5. The summed E-state index contributed by atoms with van der Waals surface area (Å²) >= 11 is 6.27. The van der Waals surface area contributed by atoms with Crippen molar-refractivity contribution >= 4 is 23.4 Å². The molecular weight excluding hydrogens is 496 g/mol. The Bertz CT molecular complexity index is 1220. The molecule has 0 saturated heterocycles. The topological polar surface area (TPSA) is 58.6 Å². The lowest BCUT2D eigenvalue weighted by atomic mass is 9.94. The van der Waals surface area contributed by atoms with Gasteiger partial charge in [0.2, 0.25) is 5.91 Å². The van der Waals surface area contributed by atoms with Gasteiger partial charge in [0.25, 0.3) is 5.91 Å². The van der Waals surface area contributed by atoms with E-state index in [1.807, 2.05) is 80.6 Å². The summed E-state index contributed by atoms with van der Waals surface area (Å²) in [5.74, 6) is 0.306. The van der Waals surface area contributed by atoms with Crippen LogP contribution in [0.25, 0.3) is 0 Å². The SMILES string of the molecule is Cc1cccc(OCC(=O)N(Cc2cccc(Cl)c2)[C@H](Cc2ccccc2)C(=O)NC2CCCCC2)c1C. The van der Waals surface area contributed by atoms with Crippen LogP contribution >= 0.6 is 11.6 Å². The van der Waals surface area contributed by atoms with Crippen LogP contribution in [0.5, 0.6) is 5.75 Å². The van der Waals surface area contributed by atoms with Gasteiger partial charge in [-0.15, -0.1) is 0 Å². The van der Waals surface area contributed by atoms with Crippen molar-refractivity contribution in [3.8, 4) is 5.75 Å². The molecule has 1 saturated carbocycles. The zero-order valence-corrected chi connectivity index (χ0v) is 23.0. The molecule has 200 valence electrons. The van der Waals surface area contributed by atoms with Gasteiger partial charge in [-0.1, -0.05) is 85.5 Å². The highest BCUT2D eigenvalue weighted by Crippen LogP contribution is 2.23. The fourth-order valence-electron chi connectivity index (χ4n) is 5.03. The van der Waals surface area contributed by atoms with Crippen molar-refractivity contribution in [3.63, 3.8) is 0 Å². The van der Waals surface area contributed by atoms with Crippen LogP contribution in [0, 0.1) is 13.8 Å².